The highest BCUT2D eigenvalue weighted by atomic mass is 31.2. The molecule has 0 aromatic carbocycles. The first-order valence-corrected chi connectivity index (χ1v) is 25.8. The van der Waals surface area contributed by atoms with E-state index in [2.05, 4.69) is 54.8 Å². The van der Waals surface area contributed by atoms with Crippen LogP contribution in [0.5, 0.6) is 0 Å². The van der Waals surface area contributed by atoms with Gasteiger partial charge in [-0.05, 0) is 70.6 Å². The molecule has 0 fully saturated rings. The van der Waals surface area contributed by atoms with Crippen molar-refractivity contribution >= 4 is 19.8 Å². The highest BCUT2D eigenvalue weighted by Crippen LogP contribution is 2.36. The number of carbonyl (C=O) groups excluding carboxylic acids is 2. The van der Waals surface area contributed by atoms with Crippen molar-refractivity contribution < 1.29 is 37.9 Å². The Morgan fingerprint density at radius 2 is 0.759 bits per heavy atom. The van der Waals surface area contributed by atoms with Crippen LogP contribution >= 0.6 is 7.82 Å². The van der Waals surface area contributed by atoms with Crippen LogP contribution in [0.1, 0.15) is 245 Å². The number of hydrogen-bond acceptors (Lipinski definition) is 6. The van der Waals surface area contributed by atoms with Gasteiger partial charge in [-0.15, -0.1) is 0 Å². The Bertz CT molecular complexity index is 1040. The van der Waals surface area contributed by atoms with Crippen LogP contribution in [0.15, 0.2) is 36.5 Å². The Hall–Kier alpha value is -1.73. The fourth-order valence-electron chi connectivity index (χ4n) is 6.98. The Balaban J connectivity index is 3.88. The van der Waals surface area contributed by atoms with Crippen LogP contribution in [-0.4, -0.2) is 41.0 Å². The van der Waals surface area contributed by atoms with Crippen molar-refractivity contribution in [2.45, 2.75) is 251 Å². The molecule has 340 valence electrons. The third-order valence-corrected chi connectivity index (χ3v) is 11.1. The lowest BCUT2D eigenvalue weighted by Gasteiger charge is -2.18. The molecule has 0 radical (unpaired) electrons. The maximum Gasteiger partial charge on any atom is 0.469 e. The standard InChI is InChI=1S/C49H91O8P/c1-3-5-7-9-11-13-15-17-19-21-22-23-24-25-26-28-30-32-34-36-38-40-42-44-49(51)57-47(46-56-58(52,53)54)45-55-48(50)43-41-39-37-35-33-31-29-27-20-18-16-14-12-10-8-6-4-2/h14,16,28,30,36,38,47H,3-13,15,17-27,29,31-35,37,39-46H2,1-2H3,(H2,52,53,54)/b16-14+,30-28+,38-36+/t47-/m1/s1. The first-order chi connectivity index (χ1) is 28.3. The highest BCUT2D eigenvalue weighted by molar-refractivity contribution is 7.46. The fourth-order valence-corrected chi connectivity index (χ4v) is 7.34. The molecular formula is C49H91O8P. The molecule has 0 aliphatic heterocycles. The molecule has 58 heavy (non-hydrogen) atoms. The van der Waals surface area contributed by atoms with E-state index in [9.17, 15) is 14.2 Å². The van der Waals surface area contributed by atoms with Crippen LogP contribution in [0.25, 0.3) is 0 Å². The number of allylic oxidation sites excluding steroid dienone is 6. The van der Waals surface area contributed by atoms with Gasteiger partial charge >= 0.3 is 19.8 Å². The number of hydrogen-bond donors (Lipinski definition) is 2. The number of phosphoric ester groups is 1. The summed E-state index contributed by atoms with van der Waals surface area (Å²) in [7, 11) is -4.77. The summed E-state index contributed by atoms with van der Waals surface area (Å²) in [5.74, 6) is -0.928. The maximum atomic E-state index is 12.4. The molecule has 0 aromatic heterocycles. The molecule has 0 saturated heterocycles. The minimum atomic E-state index is -4.77. The molecule has 0 bridgehead atoms. The smallest absolute Gasteiger partial charge is 0.462 e. The predicted molar refractivity (Wildman–Crippen MR) is 244 cm³/mol. The van der Waals surface area contributed by atoms with Gasteiger partial charge in [0.1, 0.15) is 6.61 Å². The van der Waals surface area contributed by atoms with Crippen molar-refractivity contribution in [1.29, 1.82) is 0 Å². The van der Waals surface area contributed by atoms with E-state index >= 15 is 0 Å². The van der Waals surface area contributed by atoms with Crippen LogP contribution in [-0.2, 0) is 28.2 Å². The van der Waals surface area contributed by atoms with E-state index in [1.165, 1.54) is 161 Å². The van der Waals surface area contributed by atoms with Crippen molar-refractivity contribution in [3.63, 3.8) is 0 Å². The lowest BCUT2D eigenvalue weighted by Crippen LogP contribution is -2.29. The zero-order chi connectivity index (χ0) is 42.5. The quantitative estimate of drug-likeness (QED) is 0.0269. The van der Waals surface area contributed by atoms with Crippen molar-refractivity contribution in [2.24, 2.45) is 0 Å². The van der Waals surface area contributed by atoms with E-state index in [4.69, 9.17) is 19.3 Å². The molecule has 8 nitrogen and oxygen atoms in total. The number of ether oxygens (including phenoxy) is 2. The number of esters is 2. The lowest BCUT2D eigenvalue weighted by atomic mass is 10.0. The van der Waals surface area contributed by atoms with E-state index in [1.54, 1.807) is 0 Å². The molecule has 0 aliphatic carbocycles. The lowest BCUT2D eigenvalue weighted by molar-refractivity contribution is -0.161. The van der Waals surface area contributed by atoms with E-state index in [0.29, 0.717) is 6.42 Å². The molecule has 2 N–H and O–H groups in total. The van der Waals surface area contributed by atoms with E-state index in [-0.39, 0.29) is 19.4 Å². The topological polar surface area (TPSA) is 119 Å². The van der Waals surface area contributed by atoms with Gasteiger partial charge in [0.05, 0.1) is 6.61 Å². The van der Waals surface area contributed by atoms with Crippen molar-refractivity contribution in [3.8, 4) is 0 Å². The zero-order valence-corrected chi connectivity index (χ0v) is 38.6. The first-order valence-electron chi connectivity index (χ1n) is 24.3. The van der Waals surface area contributed by atoms with Gasteiger partial charge in [-0.25, -0.2) is 4.57 Å². The Kier molecular flexibility index (Phi) is 43.5. The summed E-state index contributed by atoms with van der Waals surface area (Å²) in [5.41, 5.74) is 0. The number of phosphoric acid groups is 1. The van der Waals surface area contributed by atoms with Crippen LogP contribution in [0.3, 0.4) is 0 Å². The average Bonchev–Trinajstić information content (AvgIpc) is 3.20. The minimum absolute atomic E-state index is 0.153. The average molecular weight is 839 g/mol. The fraction of sp³-hybridized carbons (Fsp3) is 0.837. The Labute approximate surface area is 357 Å². The summed E-state index contributed by atoms with van der Waals surface area (Å²) in [6.07, 6.45) is 54.6. The normalized spacial score (nSPS) is 12.7. The van der Waals surface area contributed by atoms with E-state index < -0.39 is 32.5 Å². The second-order valence-corrected chi connectivity index (χ2v) is 17.7. The van der Waals surface area contributed by atoms with Crippen LogP contribution < -0.4 is 0 Å². The SMILES string of the molecule is CCCCCC/C=C/CCCCCCCCCCCC(=O)OC[C@H](COP(=O)(O)O)OC(=O)CCC/C=C/CC/C=C/CCCCCCCCCCCCCCCC. The Morgan fingerprint density at radius 1 is 0.431 bits per heavy atom. The molecule has 0 unspecified atom stereocenters. The third kappa shape index (κ3) is 47.0. The summed E-state index contributed by atoms with van der Waals surface area (Å²) in [4.78, 5) is 43.0. The molecule has 0 heterocycles. The van der Waals surface area contributed by atoms with Gasteiger partial charge in [0.2, 0.25) is 0 Å². The summed E-state index contributed by atoms with van der Waals surface area (Å²) in [6.45, 7) is 3.68. The van der Waals surface area contributed by atoms with Gasteiger partial charge in [-0.3, -0.25) is 14.1 Å². The molecule has 1 atom stereocenters. The van der Waals surface area contributed by atoms with Gasteiger partial charge in [0.25, 0.3) is 0 Å². The second kappa shape index (κ2) is 44.8. The van der Waals surface area contributed by atoms with Gasteiger partial charge in [0, 0.05) is 12.8 Å². The summed E-state index contributed by atoms with van der Waals surface area (Å²) < 4.78 is 26.4. The number of carbonyl (C=O) groups is 2. The third-order valence-electron chi connectivity index (χ3n) is 10.6. The summed E-state index contributed by atoms with van der Waals surface area (Å²) in [5, 5.41) is 0. The van der Waals surface area contributed by atoms with Crippen LogP contribution in [0, 0.1) is 0 Å². The van der Waals surface area contributed by atoms with E-state index in [0.717, 1.165) is 51.4 Å². The van der Waals surface area contributed by atoms with E-state index in [1.807, 2.05) is 0 Å². The summed E-state index contributed by atoms with van der Waals surface area (Å²) in [6, 6.07) is 0. The van der Waals surface area contributed by atoms with Gasteiger partial charge in [-0.1, -0.05) is 198 Å². The van der Waals surface area contributed by atoms with Crippen molar-refractivity contribution in [3.05, 3.63) is 36.5 Å². The zero-order valence-electron chi connectivity index (χ0n) is 37.7. The maximum absolute atomic E-state index is 12.4. The number of rotatable bonds is 45. The van der Waals surface area contributed by atoms with Crippen molar-refractivity contribution in [1.82, 2.24) is 0 Å². The first kappa shape index (κ1) is 56.3. The molecule has 9 heteroatoms. The largest absolute Gasteiger partial charge is 0.469 e. The second-order valence-electron chi connectivity index (χ2n) is 16.4. The van der Waals surface area contributed by atoms with Gasteiger partial charge in [0.15, 0.2) is 6.10 Å². The molecule has 0 aromatic rings. The minimum Gasteiger partial charge on any atom is -0.462 e. The predicted octanol–water partition coefficient (Wildman–Crippen LogP) is 15.3. The molecule has 0 rings (SSSR count). The molecule has 0 aliphatic rings. The van der Waals surface area contributed by atoms with Crippen LogP contribution in [0.4, 0.5) is 0 Å². The van der Waals surface area contributed by atoms with Crippen molar-refractivity contribution in [2.75, 3.05) is 13.2 Å². The molecular weight excluding hydrogens is 748 g/mol. The highest BCUT2D eigenvalue weighted by Gasteiger charge is 2.22. The molecule has 0 saturated carbocycles. The summed E-state index contributed by atoms with van der Waals surface area (Å²) >= 11 is 0. The molecule has 0 amide bonds. The van der Waals surface area contributed by atoms with Crippen LogP contribution in [0.2, 0.25) is 0 Å². The van der Waals surface area contributed by atoms with Gasteiger partial charge < -0.3 is 19.3 Å². The monoisotopic (exact) mass is 839 g/mol. The molecule has 0 spiro atoms. The van der Waals surface area contributed by atoms with Gasteiger partial charge in [-0.2, -0.15) is 0 Å². The number of unbranched alkanes of at least 4 members (excludes halogenated alkanes) is 29. The Morgan fingerprint density at radius 3 is 1.17 bits per heavy atom.